The molecule has 0 aliphatic rings. The van der Waals surface area contributed by atoms with E-state index in [4.69, 9.17) is 4.74 Å². The van der Waals surface area contributed by atoms with Crippen LogP contribution in [-0.4, -0.2) is 13.7 Å². The highest BCUT2D eigenvalue weighted by molar-refractivity contribution is 5.28. The molecule has 0 radical (unpaired) electrons. The second-order valence-electron chi connectivity index (χ2n) is 5.41. The lowest BCUT2D eigenvalue weighted by Gasteiger charge is -2.18. The monoisotopic (exact) mass is 283 g/mol. The number of methoxy groups -OCH3 is 1. The fourth-order valence-corrected chi connectivity index (χ4v) is 2.53. The van der Waals surface area contributed by atoms with Crippen molar-refractivity contribution in [1.82, 2.24) is 5.32 Å². The molecule has 1 N–H and O–H groups in total. The molecule has 0 aromatic heterocycles. The number of nitrogens with one attached hydrogen (secondary N) is 1. The van der Waals surface area contributed by atoms with Crippen molar-refractivity contribution in [3.8, 4) is 5.75 Å². The molecule has 0 heterocycles. The van der Waals surface area contributed by atoms with E-state index in [0.29, 0.717) is 6.04 Å². The minimum atomic E-state index is 0.415. The van der Waals surface area contributed by atoms with Crippen LogP contribution in [0.1, 0.15) is 36.1 Å². The third-order valence-corrected chi connectivity index (χ3v) is 3.81. The molecule has 2 aromatic rings. The van der Waals surface area contributed by atoms with Gasteiger partial charge in [-0.05, 0) is 49.6 Å². The fourth-order valence-electron chi connectivity index (χ4n) is 2.53. The molecular formula is C19H25NO. The van der Waals surface area contributed by atoms with Crippen LogP contribution in [0.5, 0.6) is 5.75 Å². The van der Waals surface area contributed by atoms with Crippen LogP contribution in [0, 0.1) is 6.92 Å². The van der Waals surface area contributed by atoms with Crippen molar-refractivity contribution in [3.63, 3.8) is 0 Å². The van der Waals surface area contributed by atoms with E-state index in [0.717, 1.165) is 25.1 Å². The highest BCUT2D eigenvalue weighted by Gasteiger charge is 2.10. The van der Waals surface area contributed by atoms with Crippen molar-refractivity contribution in [2.75, 3.05) is 13.7 Å². The summed E-state index contributed by atoms with van der Waals surface area (Å²) >= 11 is 0. The molecule has 0 fully saturated rings. The summed E-state index contributed by atoms with van der Waals surface area (Å²) in [6.07, 6.45) is 2.17. The van der Waals surface area contributed by atoms with Gasteiger partial charge in [-0.25, -0.2) is 0 Å². The Kier molecular flexibility index (Phi) is 5.82. The van der Waals surface area contributed by atoms with Crippen molar-refractivity contribution >= 4 is 0 Å². The maximum atomic E-state index is 5.20. The molecule has 0 saturated carbocycles. The summed E-state index contributed by atoms with van der Waals surface area (Å²) in [5, 5.41) is 3.59. The summed E-state index contributed by atoms with van der Waals surface area (Å²) in [5.41, 5.74) is 4.03. The molecule has 0 amide bonds. The molecule has 112 valence electrons. The second-order valence-corrected chi connectivity index (χ2v) is 5.41. The fraction of sp³-hybridized carbons (Fsp3) is 0.368. The molecular weight excluding hydrogens is 258 g/mol. The first-order valence-corrected chi connectivity index (χ1v) is 7.65. The zero-order valence-corrected chi connectivity index (χ0v) is 13.2. The molecule has 2 nitrogen and oxygen atoms in total. The summed E-state index contributed by atoms with van der Waals surface area (Å²) < 4.78 is 5.20. The topological polar surface area (TPSA) is 21.3 Å². The Morgan fingerprint density at radius 2 is 1.67 bits per heavy atom. The van der Waals surface area contributed by atoms with Crippen molar-refractivity contribution in [1.29, 1.82) is 0 Å². The molecule has 21 heavy (non-hydrogen) atoms. The van der Waals surface area contributed by atoms with Gasteiger partial charge in [0.05, 0.1) is 7.11 Å². The third kappa shape index (κ3) is 4.61. The summed E-state index contributed by atoms with van der Waals surface area (Å²) in [5.74, 6) is 0.917. The molecule has 0 saturated heterocycles. The lowest BCUT2D eigenvalue weighted by atomic mass is 9.98. The first-order valence-electron chi connectivity index (χ1n) is 7.65. The summed E-state index contributed by atoms with van der Waals surface area (Å²) in [6.45, 7) is 5.28. The van der Waals surface area contributed by atoms with Gasteiger partial charge in [-0.15, -0.1) is 0 Å². The van der Waals surface area contributed by atoms with E-state index in [9.17, 15) is 0 Å². The lowest BCUT2D eigenvalue weighted by Crippen LogP contribution is -2.21. The molecule has 0 spiro atoms. The Morgan fingerprint density at radius 1 is 1.00 bits per heavy atom. The molecule has 2 rings (SSSR count). The number of benzene rings is 2. The Labute approximate surface area is 128 Å². The van der Waals surface area contributed by atoms with E-state index in [2.05, 4.69) is 55.6 Å². The van der Waals surface area contributed by atoms with Crippen LogP contribution in [0.2, 0.25) is 0 Å². The zero-order valence-electron chi connectivity index (χ0n) is 13.2. The van der Waals surface area contributed by atoms with Crippen molar-refractivity contribution < 1.29 is 4.74 Å². The van der Waals surface area contributed by atoms with E-state index in [1.165, 1.54) is 16.7 Å². The molecule has 2 aromatic carbocycles. The molecule has 0 bridgehead atoms. The standard InChI is InChI=1S/C19H25NO/c1-4-20-19(17-10-5-15(2)6-11-17)14-9-16-7-12-18(21-3)13-8-16/h5-8,10-13,19-20H,4,9,14H2,1-3H3. The minimum Gasteiger partial charge on any atom is -0.497 e. The molecule has 2 heteroatoms. The van der Waals surface area contributed by atoms with Gasteiger partial charge in [0.25, 0.3) is 0 Å². The Morgan fingerprint density at radius 3 is 2.24 bits per heavy atom. The lowest BCUT2D eigenvalue weighted by molar-refractivity contribution is 0.414. The summed E-state index contributed by atoms with van der Waals surface area (Å²) in [4.78, 5) is 0. The van der Waals surface area contributed by atoms with Crippen LogP contribution >= 0.6 is 0 Å². The van der Waals surface area contributed by atoms with E-state index in [1.807, 2.05) is 12.1 Å². The van der Waals surface area contributed by atoms with Crippen LogP contribution in [-0.2, 0) is 6.42 Å². The van der Waals surface area contributed by atoms with E-state index in [1.54, 1.807) is 7.11 Å². The molecule has 1 unspecified atom stereocenters. The van der Waals surface area contributed by atoms with Crippen LogP contribution < -0.4 is 10.1 Å². The van der Waals surface area contributed by atoms with Gasteiger partial charge in [0.15, 0.2) is 0 Å². The smallest absolute Gasteiger partial charge is 0.118 e. The van der Waals surface area contributed by atoms with Crippen LogP contribution in [0.25, 0.3) is 0 Å². The van der Waals surface area contributed by atoms with Crippen LogP contribution in [0.4, 0.5) is 0 Å². The van der Waals surface area contributed by atoms with Gasteiger partial charge in [0, 0.05) is 6.04 Å². The number of aryl methyl sites for hydroxylation is 2. The molecule has 1 atom stereocenters. The van der Waals surface area contributed by atoms with Crippen LogP contribution in [0.15, 0.2) is 48.5 Å². The highest BCUT2D eigenvalue weighted by Crippen LogP contribution is 2.21. The van der Waals surface area contributed by atoms with Gasteiger partial charge >= 0.3 is 0 Å². The van der Waals surface area contributed by atoms with Gasteiger partial charge in [-0.1, -0.05) is 48.9 Å². The normalized spacial score (nSPS) is 12.1. The maximum absolute atomic E-state index is 5.20. The number of ether oxygens (including phenoxy) is 1. The summed E-state index contributed by atoms with van der Waals surface area (Å²) in [6, 6.07) is 17.6. The Bertz CT molecular complexity index is 530. The van der Waals surface area contributed by atoms with E-state index >= 15 is 0 Å². The predicted octanol–water partition coefficient (Wildman–Crippen LogP) is 4.29. The largest absolute Gasteiger partial charge is 0.497 e. The predicted molar refractivity (Wildman–Crippen MR) is 88.9 cm³/mol. The molecule has 0 aliphatic heterocycles. The third-order valence-electron chi connectivity index (χ3n) is 3.81. The van der Waals surface area contributed by atoms with E-state index < -0.39 is 0 Å². The van der Waals surface area contributed by atoms with E-state index in [-0.39, 0.29) is 0 Å². The van der Waals surface area contributed by atoms with Gasteiger partial charge in [0.2, 0.25) is 0 Å². The minimum absolute atomic E-state index is 0.415. The maximum Gasteiger partial charge on any atom is 0.118 e. The van der Waals surface area contributed by atoms with Crippen LogP contribution in [0.3, 0.4) is 0 Å². The molecule has 0 aliphatic carbocycles. The highest BCUT2D eigenvalue weighted by atomic mass is 16.5. The summed E-state index contributed by atoms with van der Waals surface area (Å²) in [7, 11) is 1.70. The first-order chi connectivity index (χ1) is 10.2. The Hall–Kier alpha value is -1.80. The van der Waals surface area contributed by atoms with Gasteiger partial charge in [0.1, 0.15) is 5.75 Å². The van der Waals surface area contributed by atoms with Crippen molar-refractivity contribution in [3.05, 3.63) is 65.2 Å². The van der Waals surface area contributed by atoms with Gasteiger partial charge in [-0.3, -0.25) is 0 Å². The second kappa shape index (κ2) is 7.84. The zero-order chi connectivity index (χ0) is 15.1. The average Bonchev–Trinajstić information content (AvgIpc) is 2.53. The first kappa shape index (κ1) is 15.6. The number of hydrogen-bond acceptors (Lipinski definition) is 2. The average molecular weight is 283 g/mol. The Balaban J connectivity index is 2.00. The van der Waals surface area contributed by atoms with Gasteiger partial charge in [-0.2, -0.15) is 0 Å². The van der Waals surface area contributed by atoms with Gasteiger partial charge < -0.3 is 10.1 Å². The number of hydrogen-bond donors (Lipinski definition) is 1. The quantitative estimate of drug-likeness (QED) is 0.818. The van der Waals surface area contributed by atoms with Crippen molar-refractivity contribution in [2.24, 2.45) is 0 Å². The van der Waals surface area contributed by atoms with Crippen molar-refractivity contribution in [2.45, 2.75) is 32.7 Å². The number of rotatable bonds is 7. The SMILES string of the molecule is CCNC(CCc1ccc(OC)cc1)c1ccc(C)cc1.